The van der Waals surface area contributed by atoms with Crippen LogP contribution in [0.1, 0.15) is 36.7 Å². The molecule has 21 heavy (non-hydrogen) atoms. The topological polar surface area (TPSA) is 57.1 Å². The summed E-state index contributed by atoms with van der Waals surface area (Å²) in [4.78, 5) is 0. The van der Waals surface area contributed by atoms with Crippen molar-refractivity contribution in [2.24, 2.45) is 0 Å². The third-order valence-electron chi connectivity index (χ3n) is 3.55. The highest BCUT2D eigenvalue weighted by atomic mass is 35.5. The maximum Gasteiger partial charge on any atom is 0.130 e. The zero-order chi connectivity index (χ0) is 14.4. The van der Waals surface area contributed by atoms with Crippen LogP contribution < -0.4 is 17.7 Å². The van der Waals surface area contributed by atoms with E-state index in [9.17, 15) is 10.2 Å². The molecule has 0 fully saturated rings. The van der Waals surface area contributed by atoms with E-state index in [1.807, 2.05) is 54.1 Å². The molecule has 4 N–H and O–H groups in total. The summed E-state index contributed by atoms with van der Waals surface area (Å²) in [5, 5.41) is 26.3. The van der Waals surface area contributed by atoms with E-state index in [1.54, 1.807) is 11.3 Å². The van der Waals surface area contributed by atoms with Gasteiger partial charge in [-0.2, -0.15) is 11.3 Å². The molecule has 1 aromatic heterocycles. The van der Waals surface area contributed by atoms with E-state index in [2.05, 4.69) is 5.32 Å². The van der Waals surface area contributed by atoms with Crippen LogP contribution in [0.5, 0.6) is 0 Å². The molecule has 0 bridgehead atoms. The standard InChI is InChI=1S/C16H21NO2S.ClH/c1-12(16(19)13-5-3-2-4-6-13)17-9-7-15(18)14-8-10-20-11-14;/h2-6,8,10-12,15-19H,7,9H2,1H3;1H. The van der Waals surface area contributed by atoms with Crippen LogP contribution in [0.25, 0.3) is 0 Å². The van der Waals surface area contributed by atoms with Gasteiger partial charge in [-0.05, 0) is 34.9 Å². The Balaban J connectivity index is 0.00000220. The van der Waals surface area contributed by atoms with E-state index in [1.165, 1.54) is 0 Å². The van der Waals surface area contributed by atoms with Crippen LogP contribution in [0.15, 0.2) is 47.2 Å². The number of aliphatic hydroxyl groups excluding tert-OH is 2. The summed E-state index contributed by atoms with van der Waals surface area (Å²) in [5.74, 6) is 0. The Labute approximate surface area is 136 Å². The quantitative estimate of drug-likeness (QED) is 0.602. The molecule has 0 aliphatic rings. The second-order valence-corrected chi connectivity index (χ2v) is 5.88. The minimum atomic E-state index is -0.477. The number of thiophene rings is 1. The first-order chi connectivity index (χ1) is 9.68. The van der Waals surface area contributed by atoms with Gasteiger partial charge in [-0.15, -0.1) is 0 Å². The molecule has 5 heteroatoms. The lowest BCUT2D eigenvalue weighted by atomic mass is 10.0. The molecule has 1 aromatic carbocycles. The predicted octanol–water partition coefficient (Wildman–Crippen LogP) is -1.14. The first-order valence-electron chi connectivity index (χ1n) is 6.95. The van der Waals surface area contributed by atoms with Crippen LogP contribution in [0.3, 0.4) is 0 Å². The highest BCUT2D eigenvalue weighted by molar-refractivity contribution is 7.07. The Morgan fingerprint density at radius 1 is 1.10 bits per heavy atom. The lowest BCUT2D eigenvalue weighted by Crippen LogP contribution is -3.00. The van der Waals surface area contributed by atoms with Gasteiger partial charge in [-0.1, -0.05) is 30.3 Å². The number of rotatable bonds is 7. The fourth-order valence-corrected chi connectivity index (χ4v) is 2.94. The number of halogens is 1. The zero-order valence-corrected chi connectivity index (χ0v) is 13.6. The van der Waals surface area contributed by atoms with Gasteiger partial charge in [-0.3, -0.25) is 0 Å². The van der Waals surface area contributed by atoms with Crippen LogP contribution in [0.4, 0.5) is 0 Å². The molecule has 0 saturated heterocycles. The van der Waals surface area contributed by atoms with Crippen molar-refractivity contribution < 1.29 is 27.9 Å². The second kappa shape index (κ2) is 9.18. The molecular weight excluding hydrogens is 306 g/mol. The van der Waals surface area contributed by atoms with Crippen molar-refractivity contribution in [1.82, 2.24) is 0 Å². The summed E-state index contributed by atoms with van der Waals surface area (Å²) >= 11 is 1.60. The summed E-state index contributed by atoms with van der Waals surface area (Å²) in [7, 11) is 0. The molecule has 3 atom stereocenters. The summed E-state index contributed by atoms with van der Waals surface area (Å²) in [6.07, 6.45) is -0.184. The Bertz CT molecular complexity index is 492. The fraction of sp³-hybridized carbons (Fsp3) is 0.375. The van der Waals surface area contributed by atoms with E-state index >= 15 is 0 Å². The monoisotopic (exact) mass is 327 g/mol. The third-order valence-corrected chi connectivity index (χ3v) is 4.25. The zero-order valence-electron chi connectivity index (χ0n) is 12.0. The highest BCUT2D eigenvalue weighted by Crippen LogP contribution is 2.18. The Hall–Kier alpha value is -0.910. The van der Waals surface area contributed by atoms with Crippen molar-refractivity contribution in [1.29, 1.82) is 0 Å². The van der Waals surface area contributed by atoms with E-state index in [0.29, 0.717) is 6.42 Å². The number of hydrogen-bond acceptors (Lipinski definition) is 3. The van der Waals surface area contributed by atoms with E-state index in [-0.39, 0.29) is 18.4 Å². The molecule has 0 radical (unpaired) electrons. The van der Waals surface area contributed by atoms with Gasteiger partial charge in [0.2, 0.25) is 0 Å². The molecule has 0 amide bonds. The molecule has 2 rings (SSSR count). The maximum absolute atomic E-state index is 10.2. The van der Waals surface area contributed by atoms with Gasteiger partial charge in [-0.25, -0.2) is 0 Å². The van der Waals surface area contributed by atoms with Gasteiger partial charge in [0.25, 0.3) is 0 Å². The Morgan fingerprint density at radius 3 is 2.43 bits per heavy atom. The van der Waals surface area contributed by atoms with Crippen molar-refractivity contribution in [2.75, 3.05) is 6.54 Å². The number of benzene rings is 1. The predicted molar refractivity (Wildman–Crippen MR) is 81.6 cm³/mol. The van der Waals surface area contributed by atoms with Gasteiger partial charge < -0.3 is 27.9 Å². The van der Waals surface area contributed by atoms with Gasteiger partial charge in [0.05, 0.1) is 12.6 Å². The molecular formula is C16H22ClNO2S. The van der Waals surface area contributed by atoms with Crippen LogP contribution in [0, 0.1) is 0 Å². The van der Waals surface area contributed by atoms with Crippen molar-refractivity contribution in [2.45, 2.75) is 31.6 Å². The first kappa shape index (κ1) is 18.1. The first-order valence-corrected chi connectivity index (χ1v) is 7.89. The lowest BCUT2D eigenvalue weighted by Gasteiger charge is -2.18. The van der Waals surface area contributed by atoms with Crippen molar-refractivity contribution in [3.8, 4) is 0 Å². The molecule has 0 saturated carbocycles. The molecule has 116 valence electrons. The van der Waals surface area contributed by atoms with Crippen molar-refractivity contribution in [3.63, 3.8) is 0 Å². The summed E-state index contributed by atoms with van der Waals surface area (Å²) < 4.78 is 0. The molecule has 0 spiro atoms. The van der Waals surface area contributed by atoms with Crippen LogP contribution in [-0.2, 0) is 0 Å². The van der Waals surface area contributed by atoms with E-state index < -0.39 is 12.2 Å². The molecule has 0 aliphatic carbocycles. The van der Waals surface area contributed by atoms with Crippen molar-refractivity contribution in [3.05, 3.63) is 58.3 Å². The smallest absolute Gasteiger partial charge is 0.130 e. The minimum absolute atomic E-state index is 0. The average molecular weight is 328 g/mol. The molecule has 3 nitrogen and oxygen atoms in total. The van der Waals surface area contributed by atoms with Crippen LogP contribution >= 0.6 is 11.3 Å². The van der Waals surface area contributed by atoms with Gasteiger partial charge >= 0.3 is 0 Å². The molecule has 3 unspecified atom stereocenters. The summed E-state index contributed by atoms with van der Waals surface area (Å²) in [6, 6.07) is 11.7. The van der Waals surface area contributed by atoms with E-state index in [0.717, 1.165) is 17.7 Å². The van der Waals surface area contributed by atoms with Gasteiger partial charge in [0.1, 0.15) is 12.1 Å². The van der Waals surface area contributed by atoms with E-state index in [4.69, 9.17) is 0 Å². The van der Waals surface area contributed by atoms with Gasteiger partial charge in [0, 0.05) is 6.42 Å². The minimum Gasteiger partial charge on any atom is -1.00 e. The Kier molecular flexibility index (Phi) is 7.93. The second-order valence-electron chi connectivity index (χ2n) is 5.10. The Morgan fingerprint density at radius 2 is 1.81 bits per heavy atom. The normalized spacial score (nSPS) is 15.0. The SMILES string of the molecule is CC([NH2+]CCC(O)c1ccsc1)C(O)c1ccccc1.[Cl-]. The lowest BCUT2D eigenvalue weighted by molar-refractivity contribution is -0.695. The highest BCUT2D eigenvalue weighted by Gasteiger charge is 2.19. The summed E-state index contributed by atoms with van der Waals surface area (Å²) in [5.41, 5.74) is 1.93. The molecule has 2 aromatic rings. The number of nitrogens with two attached hydrogens (primary N) is 1. The largest absolute Gasteiger partial charge is 1.00 e. The molecule has 0 aliphatic heterocycles. The number of aliphatic hydroxyl groups is 2. The van der Waals surface area contributed by atoms with Crippen LogP contribution in [-0.4, -0.2) is 22.8 Å². The number of quaternary nitrogens is 1. The number of hydrogen-bond donors (Lipinski definition) is 3. The maximum atomic E-state index is 10.2. The van der Waals surface area contributed by atoms with Crippen molar-refractivity contribution >= 4 is 11.3 Å². The average Bonchev–Trinajstić information content (AvgIpc) is 3.01. The fourth-order valence-electron chi connectivity index (χ4n) is 2.23. The summed E-state index contributed by atoms with van der Waals surface area (Å²) in [6.45, 7) is 2.80. The molecule has 1 heterocycles. The van der Waals surface area contributed by atoms with Gasteiger partial charge in [0.15, 0.2) is 0 Å². The van der Waals surface area contributed by atoms with Crippen LogP contribution in [0.2, 0.25) is 0 Å². The third kappa shape index (κ3) is 5.41.